The molecule has 6 nitrogen and oxygen atoms in total. The van der Waals surface area contributed by atoms with Crippen molar-refractivity contribution in [1.29, 1.82) is 0 Å². The molecule has 0 aliphatic carbocycles. The Morgan fingerprint density at radius 3 is 2.59 bits per heavy atom. The van der Waals surface area contributed by atoms with Gasteiger partial charge in [-0.15, -0.1) is 0 Å². The molecule has 8 heteroatoms. The predicted octanol–water partition coefficient (Wildman–Crippen LogP) is 3.58. The van der Waals surface area contributed by atoms with Gasteiger partial charge in [0.2, 0.25) is 11.6 Å². The lowest BCUT2D eigenvalue weighted by Crippen LogP contribution is -2.40. The Morgan fingerprint density at radius 2 is 2.00 bits per heavy atom. The van der Waals surface area contributed by atoms with E-state index < -0.39 is 35.3 Å². The number of carbonyl (C=O) groups is 2. The van der Waals surface area contributed by atoms with Gasteiger partial charge in [0.1, 0.15) is 0 Å². The smallest absolute Gasteiger partial charge is 0.226 e. The third kappa shape index (κ3) is 5.31. The number of phenols is 1. The second-order valence-electron chi connectivity index (χ2n) is 6.65. The molecule has 0 heterocycles. The number of halogens is 2. The molecule has 0 bridgehead atoms. The highest BCUT2D eigenvalue weighted by molar-refractivity contribution is 6.34. The largest absolute Gasteiger partial charge is 0.505 e. The van der Waals surface area contributed by atoms with Gasteiger partial charge in [-0.2, -0.15) is 0 Å². The van der Waals surface area contributed by atoms with E-state index >= 15 is 0 Å². The lowest BCUT2D eigenvalue weighted by molar-refractivity contribution is -0.127. The van der Waals surface area contributed by atoms with Crippen LogP contribution in [0.3, 0.4) is 0 Å². The molecule has 2 rings (SSSR count). The molecule has 2 aromatic rings. The van der Waals surface area contributed by atoms with Gasteiger partial charge in [-0.3, -0.25) is 9.59 Å². The van der Waals surface area contributed by atoms with Gasteiger partial charge >= 0.3 is 0 Å². The molecule has 0 aliphatic heterocycles. The summed E-state index contributed by atoms with van der Waals surface area (Å²) in [5, 5.41) is 22.2. The van der Waals surface area contributed by atoms with Crippen molar-refractivity contribution >= 4 is 29.0 Å². The number of amides is 1. The van der Waals surface area contributed by atoms with Crippen LogP contribution in [-0.2, 0) is 11.2 Å². The molecular formula is C21H20ClFN2O4. The van der Waals surface area contributed by atoms with Crippen LogP contribution in [0, 0.1) is 25.2 Å². The molecule has 0 fully saturated rings. The molecule has 1 amide bonds. The number of aliphatic hydroxyl groups is 1. The molecule has 152 valence electrons. The molecule has 1 unspecified atom stereocenters. The van der Waals surface area contributed by atoms with Crippen molar-refractivity contribution in [1.82, 2.24) is 5.32 Å². The van der Waals surface area contributed by atoms with E-state index in [0.29, 0.717) is 21.8 Å². The van der Waals surface area contributed by atoms with E-state index in [0.717, 1.165) is 12.1 Å². The predicted molar refractivity (Wildman–Crippen MR) is 107 cm³/mol. The van der Waals surface area contributed by atoms with E-state index in [-0.39, 0.29) is 18.5 Å². The summed E-state index contributed by atoms with van der Waals surface area (Å²) in [6.45, 7) is 9.91. The van der Waals surface area contributed by atoms with Gasteiger partial charge in [-0.25, -0.2) is 9.24 Å². The van der Waals surface area contributed by atoms with Gasteiger partial charge in [-0.1, -0.05) is 23.7 Å². The number of Topliss-reactive ketones (excluding diaryl/α,β-unsaturated/α-hetero) is 1. The summed E-state index contributed by atoms with van der Waals surface area (Å²) < 4.78 is 13.1. The number of rotatable bonds is 7. The highest BCUT2D eigenvalue weighted by atomic mass is 35.5. The van der Waals surface area contributed by atoms with Crippen LogP contribution in [0.25, 0.3) is 4.85 Å². The van der Waals surface area contributed by atoms with Crippen LogP contribution in [0.4, 0.5) is 10.1 Å². The van der Waals surface area contributed by atoms with Crippen molar-refractivity contribution in [2.24, 2.45) is 5.92 Å². The first-order chi connectivity index (χ1) is 13.6. The van der Waals surface area contributed by atoms with E-state index in [9.17, 15) is 24.2 Å². The second-order valence-corrected chi connectivity index (χ2v) is 7.03. The SMILES string of the molecule is [C-]#[N+]c1ccc(CC(C(=O)NCC(=O)c2ccc(F)c(O)c2)[C@@H](C)O)c(C)c1Cl. The number of hydrogen-bond donors (Lipinski definition) is 3. The molecule has 0 saturated carbocycles. The summed E-state index contributed by atoms with van der Waals surface area (Å²) in [4.78, 5) is 28.0. The zero-order valence-corrected chi connectivity index (χ0v) is 16.6. The lowest BCUT2D eigenvalue weighted by atomic mass is 9.91. The van der Waals surface area contributed by atoms with Crippen LogP contribution >= 0.6 is 11.6 Å². The van der Waals surface area contributed by atoms with Crippen LogP contribution < -0.4 is 5.32 Å². The Bertz CT molecular complexity index is 985. The van der Waals surface area contributed by atoms with Crippen molar-refractivity contribution in [3.05, 3.63) is 69.3 Å². The number of phenolic OH excluding ortho intramolecular Hbond substituents is 1. The number of nitrogens with one attached hydrogen (secondary N) is 1. The van der Waals surface area contributed by atoms with Crippen molar-refractivity contribution < 1.29 is 24.2 Å². The lowest BCUT2D eigenvalue weighted by Gasteiger charge is -2.21. The Morgan fingerprint density at radius 1 is 1.31 bits per heavy atom. The van der Waals surface area contributed by atoms with Crippen molar-refractivity contribution in [2.75, 3.05) is 6.54 Å². The highest BCUT2D eigenvalue weighted by Crippen LogP contribution is 2.32. The van der Waals surface area contributed by atoms with Crippen molar-refractivity contribution in [3.8, 4) is 5.75 Å². The van der Waals surface area contributed by atoms with E-state index in [2.05, 4.69) is 10.2 Å². The molecule has 3 N–H and O–H groups in total. The molecule has 0 saturated heterocycles. The second kappa shape index (κ2) is 9.50. The van der Waals surface area contributed by atoms with Crippen LogP contribution in [0.1, 0.15) is 28.4 Å². The normalized spacial score (nSPS) is 12.7. The van der Waals surface area contributed by atoms with Gasteiger partial charge in [0.25, 0.3) is 0 Å². The number of aliphatic hydroxyl groups excluding tert-OH is 1. The molecule has 0 aliphatic rings. The summed E-state index contributed by atoms with van der Waals surface area (Å²) >= 11 is 6.17. The Balaban J connectivity index is 2.10. The number of ketones is 1. The average Bonchev–Trinajstić information content (AvgIpc) is 2.68. The van der Waals surface area contributed by atoms with Gasteiger partial charge in [0.05, 0.1) is 30.2 Å². The van der Waals surface area contributed by atoms with Gasteiger partial charge in [0, 0.05) is 5.56 Å². The van der Waals surface area contributed by atoms with Crippen LogP contribution in [0.15, 0.2) is 30.3 Å². The molecular weight excluding hydrogens is 399 g/mol. The fourth-order valence-corrected chi connectivity index (χ4v) is 3.05. The summed E-state index contributed by atoms with van der Waals surface area (Å²) in [5.74, 6) is -3.40. The molecule has 0 spiro atoms. The zero-order chi connectivity index (χ0) is 21.7. The standard InChI is InChI=1S/C21H20ClFN2O4/c1-11-13(5-7-17(24-3)20(11)22)8-15(12(2)26)21(29)25-10-19(28)14-4-6-16(23)18(27)9-14/h4-7,9,12,15,26-27H,8,10H2,1-2H3,(H,25,29)/t12-,15?/m1/s1. The van der Waals surface area contributed by atoms with Crippen molar-refractivity contribution in [2.45, 2.75) is 26.4 Å². The maximum absolute atomic E-state index is 13.1. The third-order valence-corrected chi connectivity index (χ3v) is 5.13. The molecule has 2 aromatic carbocycles. The zero-order valence-electron chi connectivity index (χ0n) is 15.9. The Kier molecular flexibility index (Phi) is 7.32. The van der Waals surface area contributed by atoms with Crippen LogP contribution in [-0.4, -0.2) is 34.6 Å². The summed E-state index contributed by atoms with van der Waals surface area (Å²) in [6.07, 6.45) is -0.836. The Labute approximate surface area is 172 Å². The maximum atomic E-state index is 13.1. The van der Waals surface area contributed by atoms with Crippen LogP contribution in [0.2, 0.25) is 5.02 Å². The fraction of sp³-hybridized carbons (Fsp3) is 0.286. The topological polar surface area (TPSA) is 91.0 Å². The molecule has 29 heavy (non-hydrogen) atoms. The molecule has 2 atom stereocenters. The monoisotopic (exact) mass is 418 g/mol. The van der Waals surface area contributed by atoms with E-state index in [1.807, 2.05) is 0 Å². The molecule has 0 aromatic heterocycles. The minimum Gasteiger partial charge on any atom is -0.505 e. The van der Waals surface area contributed by atoms with Gasteiger partial charge in [-0.05, 0) is 49.6 Å². The van der Waals surface area contributed by atoms with E-state index in [1.165, 1.54) is 13.0 Å². The highest BCUT2D eigenvalue weighted by Gasteiger charge is 2.26. The minimum atomic E-state index is -1.00. The quantitative estimate of drug-likeness (QED) is 0.473. The minimum absolute atomic E-state index is 0.0511. The number of nitrogens with zero attached hydrogens (tertiary/aromatic N) is 1. The fourth-order valence-electron chi connectivity index (χ4n) is 2.82. The number of carbonyl (C=O) groups excluding carboxylic acids is 2. The summed E-state index contributed by atoms with van der Waals surface area (Å²) in [5.41, 5.74) is 1.71. The average molecular weight is 419 g/mol. The number of benzene rings is 2. The summed E-state index contributed by atoms with van der Waals surface area (Å²) in [7, 11) is 0. The number of hydrogen-bond acceptors (Lipinski definition) is 4. The third-order valence-electron chi connectivity index (χ3n) is 4.65. The van der Waals surface area contributed by atoms with Gasteiger partial charge in [0.15, 0.2) is 17.3 Å². The first-order valence-electron chi connectivity index (χ1n) is 8.78. The van der Waals surface area contributed by atoms with Crippen LogP contribution in [0.5, 0.6) is 5.75 Å². The summed E-state index contributed by atoms with van der Waals surface area (Å²) in [6, 6.07) is 6.39. The first-order valence-corrected chi connectivity index (χ1v) is 9.16. The van der Waals surface area contributed by atoms with Crippen molar-refractivity contribution in [3.63, 3.8) is 0 Å². The van der Waals surface area contributed by atoms with E-state index in [4.69, 9.17) is 18.2 Å². The maximum Gasteiger partial charge on any atom is 0.226 e. The van der Waals surface area contributed by atoms with Gasteiger partial charge < -0.3 is 15.5 Å². The number of aromatic hydroxyl groups is 1. The molecule has 0 radical (unpaired) electrons. The first kappa shape index (κ1) is 22.3. The Hall–Kier alpha value is -2.95. The van der Waals surface area contributed by atoms with E-state index in [1.54, 1.807) is 19.1 Å².